The molecule has 84 valence electrons. The third kappa shape index (κ3) is 2.25. The fraction of sp³-hybridized carbons (Fsp3) is 0.667. The summed E-state index contributed by atoms with van der Waals surface area (Å²) in [5.41, 5.74) is -0.879. The van der Waals surface area contributed by atoms with E-state index in [0.717, 1.165) is 30.6 Å². The lowest BCUT2D eigenvalue weighted by Crippen LogP contribution is -2.37. The summed E-state index contributed by atoms with van der Waals surface area (Å²) in [5, 5.41) is 20.5. The Labute approximate surface area is 94.6 Å². The number of aliphatic hydroxyl groups is 2. The molecule has 1 heterocycles. The molecule has 0 saturated heterocycles. The third-order valence-corrected chi connectivity index (χ3v) is 4.31. The second-order valence-corrected chi connectivity index (χ2v) is 5.83. The highest BCUT2D eigenvalue weighted by Crippen LogP contribution is 2.40. The molecular formula is C12H18O2S. The number of rotatable bonds is 2. The number of aryl methyl sites for hydroxylation is 1. The van der Waals surface area contributed by atoms with Crippen molar-refractivity contribution in [1.29, 1.82) is 0 Å². The van der Waals surface area contributed by atoms with Gasteiger partial charge in [0.05, 0.1) is 5.60 Å². The van der Waals surface area contributed by atoms with Crippen LogP contribution in [0, 0.1) is 6.92 Å². The minimum atomic E-state index is -0.879. The van der Waals surface area contributed by atoms with Gasteiger partial charge >= 0.3 is 0 Å². The highest BCUT2D eigenvalue weighted by molar-refractivity contribution is 7.12. The van der Waals surface area contributed by atoms with Crippen molar-refractivity contribution in [2.24, 2.45) is 0 Å². The molecule has 0 spiro atoms. The van der Waals surface area contributed by atoms with Crippen LogP contribution < -0.4 is 0 Å². The summed E-state index contributed by atoms with van der Waals surface area (Å²) in [5.74, 6) is 0. The van der Waals surface area contributed by atoms with Crippen molar-refractivity contribution in [3.63, 3.8) is 0 Å². The van der Waals surface area contributed by atoms with Crippen molar-refractivity contribution in [2.45, 2.75) is 50.7 Å². The molecule has 1 unspecified atom stereocenters. The van der Waals surface area contributed by atoms with Crippen molar-refractivity contribution in [1.82, 2.24) is 0 Å². The van der Waals surface area contributed by atoms with E-state index in [1.165, 1.54) is 11.3 Å². The maximum atomic E-state index is 10.4. The quantitative estimate of drug-likeness (QED) is 0.814. The van der Waals surface area contributed by atoms with Gasteiger partial charge in [-0.1, -0.05) is 19.3 Å². The zero-order valence-electron chi connectivity index (χ0n) is 9.07. The summed E-state index contributed by atoms with van der Waals surface area (Å²) in [7, 11) is 0. The van der Waals surface area contributed by atoms with Crippen LogP contribution in [0.15, 0.2) is 12.1 Å². The van der Waals surface area contributed by atoms with Crippen LogP contribution in [0.1, 0.15) is 48.0 Å². The fourth-order valence-electron chi connectivity index (χ4n) is 2.30. The molecular weight excluding hydrogens is 208 g/mol. The van der Waals surface area contributed by atoms with E-state index in [0.29, 0.717) is 0 Å². The summed E-state index contributed by atoms with van der Waals surface area (Å²) in [4.78, 5) is 2.08. The Bertz CT molecular complexity index is 326. The largest absolute Gasteiger partial charge is 0.387 e. The van der Waals surface area contributed by atoms with Gasteiger partial charge in [0, 0.05) is 9.75 Å². The van der Waals surface area contributed by atoms with E-state index in [-0.39, 0.29) is 0 Å². The molecule has 1 atom stereocenters. The molecule has 1 aliphatic rings. The summed E-state index contributed by atoms with van der Waals surface area (Å²) >= 11 is 1.58. The minimum Gasteiger partial charge on any atom is -0.387 e. The topological polar surface area (TPSA) is 40.5 Å². The molecule has 0 bridgehead atoms. The molecule has 1 fully saturated rings. The average Bonchev–Trinajstić information content (AvgIpc) is 2.65. The highest BCUT2D eigenvalue weighted by atomic mass is 32.1. The Balaban J connectivity index is 2.15. The fourth-order valence-corrected chi connectivity index (χ4v) is 3.28. The Morgan fingerprint density at radius 1 is 1.27 bits per heavy atom. The molecule has 1 aliphatic carbocycles. The maximum Gasteiger partial charge on any atom is 0.117 e. The zero-order chi connectivity index (χ0) is 10.9. The average molecular weight is 226 g/mol. The Kier molecular flexibility index (Phi) is 3.14. The first-order valence-electron chi connectivity index (χ1n) is 5.59. The molecule has 0 aliphatic heterocycles. The van der Waals surface area contributed by atoms with Crippen LogP contribution in [0.25, 0.3) is 0 Å². The van der Waals surface area contributed by atoms with Gasteiger partial charge in [-0.05, 0) is 31.9 Å². The molecule has 0 amide bonds. The van der Waals surface area contributed by atoms with E-state index >= 15 is 0 Å². The van der Waals surface area contributed by atoms with E-state index < -0.39 is 11.7 Å². The second-order valence-electron chi connectivity index (χ2n) is 4.52. The van der Waals surface area contributed by atoms with Crippen LogP contribution in [0.5, 0.6) is 0 Å². The van der Waals surface area contributed by atoms with E-state index in [4.69, 9.17) is 0 Å². The highest BCUT2D eigenvalue weighted by Gasteiger charge is 2.38. The van der Waals surface area contributed by atoms with Gasteiger partial charge in [0.1, 0.15) is 6.10 Å². The third-order valence-electron chi connectivity index (χ3n) is 3.26. The van der Waals surface area contributed by atoms with Gasteiger partial charge < -0.3 is 10.2 Å². The standard InChI is InChI=1S/C12H18O2S/c1-9-5-6-10(15-9)11(13)12(14)7-3-2-4-8-12/h5-6,11,13-14H,2-4,7-8H2,1H3. The molecule has 3 heteroatoms. The van der Waals surface area contributed by atoms with Crippen molar-refractivity contribution in [2.75, 3.05) is 0 Å². The Morgan fingerprint density at radius 2 is 1.93 bits per heavy atom. The van der Waals surface area contributed by atoms with E-state index in [1.54, 1.807) is 11.3 Å². The molecule has 15 heavy (non-hydrogen) atoms. The predicted octanol–water partition coefficient (Wildman–Crippen LogP) is 2.79. The van der Waals surface area contributed by atoms with Crippen molar-refractivity contribution in [3.05, 3.63) is 21.9 Å². The van der Waals surface area contributed by atoms with Crippen LogP contribution in [-0.2, 0) is 0 Å². The van der Waals surface area contributed by atoms with Crippen LogP contribution >= 0.6 is 11.3 Å². The zero-order valence-corrected chi connectivity index (χ0v) is 9.89. The Morgan fingerprint density at radius 3 is 2.47 bits per heavy atom. The van der Waals surface area contributed by atoms with Crippen LogP contribution in [0.4, 0.5) is 0 Å². The van der Waals surface area contributed by atoms with Gasteiger partial charge in [0.15, 0.2) is 0 Å². The molecule has 0 aromatic carbocycles. The van der Waals surface area contributed by atoms with Crippen LogP contribution in [-0.4, -0.2) is 15.8 Å². The van der Waals surface area contributed by atoms with Crippen molar-refractivity contribution >= 4 is 11.3 Å². The Hall–Kier alpha value is -0.380. The number of aliphatic hydroxyl groups excluding tert-OH is 1. The molecule has 1 aromatic rings. The molecule has 1 saturated carbocycles. The van der Waals surface area contributed by atoms with E-state index in [9.17, 15) is 10.2 Å². The second kappa shape index (κ2) is 4.24. The first-order chi connectivity index (χ1) is 7.12. The summed E-state index contributed by atoms with van der Waals surface area (Å²) in [6.45, 7) is 2.02. The number of thiophene rings is 1. The monoisotopic (exact) mass is 226 g/mol. The van der Waals surface area contributed by atoms with Crippen LogP contribution in [0.3, 0.4) is 0 Å². The minimum absolute atomic E-state index is 0.698. The first kappa shape index (κ1) is 11.1. The van der Waals surface area contributed by atoms with E-state index in [2.05, 4.69) is 0 Å². The van der Waals surface area contributed by atoms with Gasteiger partial charge in [0.2, 0.25) is 0 Å². The maximum absolute atomic E-state index is 10.4. The number of hydrogen-bond acceptors (Lipinski definition) is 3. The normalized spacial score (nSPS) is 22.6. The van der Waals surface area contributed by atoms with Gasteiger partial charge in [-0.2, -0.15) is 0 Å². The van der Waals surface area contributed by atoms with Gasteiger partial charge in [-0.25, -0.2) is 0 Å². The van der Waals surface area contributed by atoms with Crippen LogP contribution in [0.2, 0.25) is 0 Å². The smallest absolute Gasteiger partial charge is 0.117 e. The lowest BCUT2D eigenvalue weighted by atomic mass is 9.80. The lowest BCUT2D eigenvalue weighted by molar-refractivity contribution is -0.0977. The SMILES string of the molecule is Cc1ccc(C(O)C2(O)CCCCC2)s1. The summed E-state index contributed by atoms with van der Waals surface area (Å²) in [6, 6.07) is 3.92. The van der Waals surface area contributed by atoms with Gasteiger partial charge in [0.25, 0.3) is 0 Å². The van der Waals surface area contributed by atoms with Crippen molar-refractivity contribution in [3.8, 4) is 0 Å². The van der Waals surface area contributed by atoms with E-state index in [1.807, 2.05) is 19.1 Å². The summed E-state index contributed by atoms with van der Waals surface area (Å²) < 4.78 is 0. The predicted molar refractivity (Wildman–Crippen MR) is 62.1 cm³/mol. The number of hydrogen-bond donors (Lipinski definition) is 2. The van der Waals surface area contributed by atoms with Crippen molar-refractivity contribution < 1.29 is 10.2 Å². The molecule has 0 radical (unpaired) electrons. The molecule has 1 aromatic heterocycles. The molecule has 2 N–H and O–H groups in total. The summed E-state index contributed by atoms with van der Waals surface area (Å²) in [6.07, 6.45) is 3.99. The molecule has 2 rings (SSSR count). The first-order valence-corrected chi connectivity index (χ1v) is 6.40. The van der Waals surface area contributed by atoms with Gasteiger partial charge in [-0.3, -0.25) is 0 Å². The molecule has 2 nitrogen and oxygen atoms in total. The lowest BCUT2D eigenvalue weighted by Gasteiger charge is -2.35. The van der Waals surface area contributed by atoms with Gasteiger partial charge in [-0.15, -0.1) is 11.3 Å².